The summed E-state index contributed by atoms with van der Waals surface area (Å²) in [7, 11) is 0. The fourth-order valence-electron chi connectivity index (χ4n) is 2.79. The van der Waals surface area contributed by atoms with Gasteiger partial charge < -0.3 is 9.64 Å². The minimum absolute atomic E-state index is 0.0746. The number of carbonyl (C=O) groups excluding carboxylic acids is 1. The molecule has 1 aromatic heterocycles. The summed E-state index contributed by atoms with van der Waals surface area (Å²) in [6, 6.07) is 6.37. The summed E-state index contributed by atoms with van der Waals surface area (Å²) < 4.78 is 6.54. The monoisotopic (exact) mass is 378 g/mol. The molecule has 26 heavy (non-hydrogen) atoms. The number of halogens is 1. The van der Waals surface area contributed by atoms with Crippen molar-refractivity contribution in [1.82, 2.24) is 14.7 Å². The Bertz CT molecular complexity index is 883. The van der Waals surface area contributed by atoms with Crippen molar-refractivity contribution in [2.45, 2.75) is 18.9 Å². The molecule has 0 unspecified atom stereocenters. The summed E-state index contributed by atoms with van der Waals surface area (Å²) in [4.78, 5) is 36.0. The first kappa shape index (κ1) is 17.9. The molecule has 0 N–H and O–H groups in total. The van der Waals surface area contributed by atoms with Crippen molar-refractivity contribution >= 4 is 23.4 Å². The highest BCUT2D eigenvalue weighted by Gasteiger charge is 2.27. The number of benzene rings is 1. The normalized spacial score (nSPS) is 17.0. The molecule has 0 radical (unpaired) electrons. The molecule has 1 atom stereocenters. The van der Waals surface area contributed by atoms with E-state index in [1.54, 1.807) is 0 Å². The molecule has 0 saturated carbocycles. The minimum atomic E-state index is -0.585. The summed E-state index contributed by atoms with van der Waals surface area (Å²) in [6.45, 7) is 0.747. The second-order valence-electron chi connectivity index (χ2n) is 5.79. The summed E-state index contributed by atoms with van der Waals surface area (Å²) in [5.41, 5.74) is -0.487. The van der Waals surface area contributed by atoms with Gasteiger partial charge in [0, 0.05) is 31.4 Å². The third-order valence-corrected chi connectivity index (χ3v) is 4.37. The molecule has 10 heteroatoms. The molecular weight excluding hydrogens is 364 g/mol. The molecule has 9 nitrogen and oxygen atoms in total. The van der Waals surface area contributed by atoms with Gasteiger partial charge in [-0.05, 0) is 31.0 Å². The standard InChI is InChI=1S/C16H15ClN4O5/c17-14-7-8-18-20(15(14)22)12-2-1-9-19(10-12)16(23)26-13-5-3-11(4-6-13)21(24)25/h3-8,12H,1-2,9-10H2/t12-/m1/s1. The first-order valence-corrected chi connectivity index (χ1v) is 8.28. The number of nitrogens with zero attached hydrogens (tertiary/aromatic N) is 4. The van der Waals surface area contributed by atoms with Crippen molar-refractivity contribution in [2.75, 3.05) is 13.1 Å². The van der Waals surface area contributed by atoms with E-state index in [2.05, 4.69) is 5.10 Å². The number of nitro groups is 1. The van der Waals surface area contributed by atoms with Gasteiger partial charge in [0.2, 0.25) is 0 Å². The summed E-state index contributed by atoms with van der Waals surface area (Å²) in [5, 5.41) is 14.8. The van der Waals surface area contributed by atoms with E-state index in [1.165, 1.54) is 46.1 Å². The smallest absolute Gasteiger partial charge is 0.410 e. The van der Waals surface area contributed by atoms with Crippen LogP contribution in [0, 0.1) is 10.1 Å². The minimum Gasteiger partial charge on any atom is -0.410 e. The number of carbonyl (C=O) groups is 1. The van der Waals surface area contributed by atoms with Gasteiger partial charge in [-0.3, -0.25) is 14.9 Å². The van der Waals surface area contributed by atoms with Crippen LogP contribution in [0.1, 0.15) is 18.9 Å². The molecule has 1 saturated heterocycles. The van der Waals surface area contributed by atoms with Gasteiger partial charge in [-0.2, -0.15) is 5.10 Å². The van der Waals surface area contributed by atoms with Gasteiger partial charge in [-0.15, -0.1) is 0 Å². The van der Waals surface area contributed by atoms with Crippen LogP contribution in [0.2, 0.25) is 5.02 Å². The van der Waals surface area contributed by atoms with Crippen LogP contribution in [0.25, 0.3) is 0 Å². The zero-order valence-corrected chi connectivity index (χ0v) is 14.3. The molecule has 3 rings (SSSR count). The third-order valence-electron chi connectivity index (χ3n) is 4.08. The van der Waals surface area contributed by atoms with Gasteiger partial charge in [0.15, 0.2) is 0 Å². The lowest BCUT2D eigenvalue weighted by Crippen LogP contribution is -2.44. The average Bonchev–Trinajstić information content (AvgIpc) is 2.64. The molecule has 2 aromatic rings. The predicted octanol–water partition coefficient (Wildman–Crippen LogP) is 2.64. The second-order valence-corrected chi connectivity index (χ2v) is 6.20. The Kier molecular flexibility index (Phi) is 5.17. The topological polar surface area (TPSA) is 108 Å². The lowest BCUT2D eigenvalue weighted by atomic mass is 10.1. The molecule has 136 valence electrons. The van der Waals surface area contributed by atoms with E-state index in [4.69, 9.17) is 16.3 Å². The van der Waals surface area contributed by atoms with Crippen LogP contribution < -0.4 is 10.3 Å². The number of hydrogen-bond donors (Lipinski definition) is 0. The van der Waals surface area contributed by atoms with Crippen LogP contribution >= 0.6 is 11.6 Å². The van der Waals surface area contributed by atoms with Gasteiger partial charge in [0.1, 0.15) is 10.8 Å². The van der Waals surface area contributed by atoms with Crippen molar-refractivity contribution in [2.24, 2.45) is 0 Å². The fourth-order valence-corrected chi connectivity index (χ4v) is 2.93. The molecule has 0 spiro atoms. The van der Waals surface area contributed by atoms with Crippen molar-refractivity contribution in [3.8, 4) is 5.75 Å². The van der Waals surface area contributed by atoms with Crippen LogP contribution in [0.3, 0.4) is 0 Å². The second kappa shape index (κ2) is 7.52. The Morgan fingerprint density at radius 1 is 1.31 bits per heavy atom. The van der Waals surface area contributed by atoms with E-state index >= 15 is 0 Å². The van der Waals surface area contributed by atoms with Crippen molar-refractivity contribution < 1.29 is 14.5 Å². The number of likely N-dealkylation sites (tertiary alicyclic amines) is 1. The molecule has 0 aliphatic carbocycles. The van der Waals surface area contributed by atoms with E-state index in [9.17, 15) is 19.7 Å². The number of rotatable bonds is 3. The quantitative estimate of drug-likeness (QED) is 0.600. The van der Waals surface area contributed by atoms with Crippen LogP contribution in [0.15, 0.2) is 41.3 Å². The molecule has 1 aliphatic heterocycles. The van der Waals surface area contributed by atoms with Crippen LogP contribution in [0.4, 0.5) is 10.5 Å². The number of non-ortho nitro benzene ring substituents is 1. The van der Waals surface area contributed by atoms with Gasteiger partial charge >= 0.3 is 6.09 Å². The number of ether oxygens (including phenoxy) is 1. The number of piperidine rings is 1. The summed E-state index contributed by atoms with van der Waals surface area (Å²) in [6.07, 6.45) is 2.23. The SMILES string of the molecule is O=C(Oc1ccc([N+](=O)[O-])cc1)N1CCC[C@@H](n2nccc(Cl)c2=O)C1. The average molecular weight is 379 g/mol. The van der Waals surface area contributed by atoms with Gasteiger partial charge in [-0.1, -0.05) is 11.6 Å². The Morgan fingerprint density at radius 2 is 2.04 bits per heavy atom. The maximum atomic E-state index is 12.4. The zero-order chi connectivity index (χ0) is 18.7. The van der Waals surface area contributed by atoms with Crippen molar-refractivity contribution in [3.05, 3.63) is 62.0 Å². The third kappa shape index (κ3) is 3.83. The molecule has 0 bridgehead atoms. The Morgan fingerprint density at radius 3 is 2.73 bits per heavy atom. The zero-order valence-electron chi connectivity index (χ0n) is 13.6. The predicted molar refractivity (Wildman–Crippen MR) is 92.5 cm³/mol. The van der Waals surface area contributed by atoms with E-state index in [1.807, 2.05) is 0 Å². The van der Waals surface area contributed by atoms with E-state index in [0.717, 1.165) is 0 Å². The molecule has 1 fully saturated rings. The number of hydrogen-bond acceptors (Lipinski definition) is 6. The molecule has 1 aliphatic rings. The first-order valence-electron chi connectivity index (χ1n) is 7.90. The fraction of sp³-hybridized carbons (Fsp3) is 0.312. The van der Waals surface area contributed by atoms with Crippen LogP contribution in [-0.2, 0) is 0 Å². The highest BCUT2D eigenvalue weighted by Crippen LogP contribution is 2.22. The van der Waals surface area contributed by atoms with E-state index < -0.39 is 16.6 Å². The van der Waals surface area contributed by atoms with Crippen molar-refractivity contribution in [3.63, 3.8) is 0 Å². The lowest BCUT2D eigenvalue weighted by Gasteiger charge is -2.32. The van der Waals surface area contributed by atoms with Crippen molar-refractivity contribution in [1.29, 1.82) is 0 Å². The number of nitro benzene ring substituents is 1. The van der Waals surface area contributed by atoms with Gasteiger partial charge in [0.25, 0.3) is 11.2 Å². The first-order chi connectivity index (χ1) is 12.5. The van der Waals surface area contributed by atoms with Gasteiger partial charge in [0.05, 0.1) is 11.0 Å². The molecule has 1 aromatic carbocycles. The lowest BCUT2D eigenvalue weighted by molar-refractivity contribution is -0.384. The highest BCUT2D eigenvalue weighted by molar-refractivity contribution is 6.30. The molecule has 2 heterocycles. The maximum Gasteiger partial charge on any atom is 0.415 e. The van der Waals surface area contributed by atoms with Crippen LogP contribution in [0.5, 0.6) is 5.75 Å². The number of amides is 1. The highest BCUT2D eigenvalue weighted by atomic mass is 35.5. The Labute approximate surface area is 152 Å². The van der Waals surface area contributed by atoms with E-state index in [-0.39, 0.29) is 29.0 Å². The molecule has 1 amide bonds. The Hall–Kier alpha value is -2.94. The molecular formula is C16H15ClN4O5. The van der Waals surface area contributed by atoms with E-state index in [0.29, 0.717) is 19.4 Å². The maximum absolute atomic E-state index is 12.4. The summed E-state index contributed by atoms with van der Waals surface area (Å²) in [5.74, 6) is 0.209. The number of aromatic nitrogens is 2. The largest absolute Gasteiger partial charge is 0.415 e. The van der Waals surface area contributed by atoms with Gasteiger partial charge in [-0.25, -0.2) is 9.48 Å². The summed E-state index contributed by atoms with van der Waals surface area (Å²) >= 11 is 5.85. The van der Waals surface area contributed by atoms with Crippen LogP contribution in [-0.4, -0.2) is 38.8 Å². The Balaban J connectivity index is 1.69.